The minimum atomic E-state index is -0.0184. The van der Waals surface area contributed by atoms with E-state index in [1.807, 2.05) is 38.2 Å². The molecule has 0 radical (unpaired) electrons. The van der Waals surface area contributed by atoms with E-state index in [0.29, 0.717) is 6.54 Å². The van der Waals surface area contributed by atoms with E-state index in [1.165, 1.54) is 0 Å². The first-order valence-electron chi connectivity index (χ1n) is 6.86. The first kappa shape index (κ1) is 16.6. The van der Waals surface area contributed by atoms with Crippen LogP contribution in [0.15, 0.2) is 24.3 Å². The Labute approximate surface area is 121 Å². The van der Waals surface area contributed by atoms with Crippen molar-refractivity contribution in [1.82, 2.24) is 10.2 Å². The maximum Gasteiger partial charge on any atom is 0.238 e. The van der Waals surface area contributed by atoms with Gasteiger partial charge in [-0.1, -0.05) is 12.1 Å². The van der Waals surface area contributed by atoms with Gasteiger partial charge < -0.3 is 20.3 Å². The second-order valence-electron chi connectivity index (χ2n) is 4.89. The van der Waals surface area contributed by atoms with Gasteiger partial charge in [0.1, 0.15) is 0 Å². The van der Waals surface area contributed by atoms with Crippen molar-refractivity contribution in [2.75, 3.05) is 52.3 Å². The van der Waals surface area contributed by atoms with E-state index in [0.717, 1.165) is 37.5 Å². The number of benzene rings is 1. The summed E-state index contributed by atoms with van der Waals surface area (Å²) in [6.07, 6.45) is 0. The molecular weight excluding hydrogens is 254 g/mol. The van der Waals surface area contributed by atoms with Crippen LogP contribution in [-0.4, -0.2) is 57.8 Å². The second kappa shape index (κ2) is 9.47. The average molecular weight is 279 g/mol. The Morgan fingerprint density at radius 2 is 2.15 bits per heavy atom. The van der Waals surface area contributed by atoms with E-state index >= 15 is 0 Å². The summed E-state index contributed by atoms with van der Waals surface area (Å²) >= 11 is 0. The van der Waals surface area contributed by atoms with Gasteiger partial charge in [0.25, 0.3) is 0 Å². The molecule has 0 heterocycles. The number of hydrogen-bond donors (Lipinski definition) is 2. The highest BCUT2D eigenvalue weighted by Gasteiger charge is 2.02. The lowest BCUT2D eigenvalue weighted by Crippen LogP contribution is -2.35. The van der Waals surface area contributed by atoms with Crippen LogP contribution in [0.2, 0.25) is 0 Å². The highest BCUT2D eigenvalue weighted by Crippen LogP contribution is 2.08. The standard InChI is InChI=1S/C15H25N3O2/c1-13-5-4-6-14(11-13)17-15(19)12-16-7-8-18(2)9-10-20-3/h4-6,11,16H,7-10,12H2,1-3H3,(H,17,19). The van der Waals surface area contributed by atoms with E-state index < -0.39 is 0 Å². The van der Waals surface area contributed by atoms with Crippen molar-refractivity contribution < 1.29 is 9.53 Å². The van der Waals surface area contributed by atoms with Crippen LogP contribution in [0.4, 0.5) is 5.69 Å². The van der Waals surface area contributed by atoms with Crippen LogP contribution in [-0.2, 0) is 9.53 Å². The van der Waals surface area contributed by atoms with Gasteiger partial charge in [-0.2, -0.15) is 0 Å². The van der Waals surface area contributed by atoms with Crippen molar-refractivity contribution in [3.05, 3.63) is 29.8 Å². The van der Waals surface area contributed by atoms with E-state index in [-0.39, 0.29) is 5.91 Å². The van der Waals surface area contributed by atoms with Crippen LogP contribution >= 0.6 is 0 Å². The van der Waals surface area contributed by atoms with Gasteiger partial charge in [0.2, 0.25) is 5.91 Å². The molecule has 0 unspecified atom stereocenters. The first-order chi connectivity index (χ1) is 9.61. The largest absolute Gasteiger partial charge is 0.383 e. The molecule has 0 saturated heterocycles. The molecule has 0 aromatic heterocycles. The Hall–Kier alpha value is -1.43. The molecule has 0 saturated carbocycles. The van der Waals surface area contributed by atoms with E-state index in [4.69, 9.17) is 4.74 Å². The van der Waals surface area contributed by atoms with Crippen LogP contribution in [0.5, 0.6) is 0 Å². The summed E-state index contributed by atoms with van der Waals surface area (Å²) in [5.74, 6) is -0.0184. The highest BCUT2D eigenvalue weighted by atomic mass is 16.5. The summed E-state index contributed by atoms with van der Waals surface area (Å²) in [4.78, 5) is 13.9. The molecule has 0 aliphatic rings. The molecular formula is C15H25N3O2. The van der Waals surface area contributed by atoms with Crippen molar-refractivity contribution >= 4 is 11.6 Å². The normalized spacial score (nSPS) is 10.8. The summed E-state index contributed by atoms with van der Waals surface area (Å²) in [7, 11) is 3.73. The zero-order chi connectivity index (χ0) is 14.8. The topological polar surface area (TPSA) is 53.6 Å². The fourth-order valence-electron chi connectivity index (χ4n) is 1.76. The fourth-order valence-corrected chi connectivity index (χ4v) is 1.76. The van der Waals surface area contributed by atoms with Gasteiger partial charge in [0.05, 0.1) is 13.2 Å². The number of rotatable bonds is 9. The van der Waals surface area contributed by atoms with Gasteiger partial charge >= 0.3 is 0 Å². The molecule has 1 aromatic carbocycles. The molecule has 5 nitrogen and oxygen atoms in total. The fraction of sp³-hybridized carbons (Fsp3) is 0.533. The molecule has 2 N–H and O–H groups in total. The van der Waals surface area contributed by atoms with Gasteiger partial charge in [-0.05, 0) is 31.7 Å². The number of likely N-dealkylation sites (N-methyl/N-ethyl adjacent to an activating group) is 1. The third kappa shape index (κ3) is 7.23. The van der Waals surface area contributed by atoms with E-state index in [9.17, 15) is 4.79 Å². The molecule has 0 aliphatic heterocycles. The van der Waals surface area contributed by atoms with Gasteiger partial charge in [0.15, 0.2) is 0 Å². The third-order valence-electron chi connectivity index (χ3n) is 2.93. The van der Waals surface area contributed by atoms with Crippen molar-refractivity contribution in [2.45, 2.75) is 6.92 Å². The maximum atomic E-state index is 11.7. The average Bonchev–Trinajstić information content (AvgIpc) is 2.41. The first-order valence-corrected chi connectivity index (χ1v) is 6.86. The van der Waals surface area contributed by atoms with Crippen LogP contribution in [0.25, 0.3) is 0 Å². The summed E-state index contributed by atoms with van der Waals surface area (Å²) < 4.78 is 5.01. The lowest BCUT2D eigenvalue weighted by atomic mass is 10.2. The van der Waals surface area contributed by atoms with Crippen LogP contribution in [0, 0.1) is 6.92 Å². The van der Waals surface area contributed by atoms with Crippen LogP contribution in [0.1, 0.15) is 5.56 Å². The summed E-state index contributed by atoms with van der Waals surface area (Å²) in [6.45, 7) is 5.62. The molecule has 1 amide bonds. The van der Waals surface area contributed by atoms with Crippen molar-refractivity contribution in [3.8, 4) is 0 Å². The van der Waals surface area contributed by atoms with Crippen molar-refractivity contribution in [3.63, 3.8) is 0 Å². The molecule has 0 spiro atoms. The number of nitrogens with one attached hydrogen (secondary N) is 2. The summed E-state index contributed by atoms with van der Waals surface area (Å²) in [5, 5.41) is 6.00. The predicted molar refractivity (Wildman–Crippen MR) is 82.1 cm³/mol. The Kier molecular flexibility index (Phi) is 7.87. The van der Waals surface area contributed by atoms with Gasteiger partial charge in [0, 0.05) is 32.4 Å². The predicted octanol–water partition coefficient (Wildman–Crippen LogP) is 1.10. The number of ether oxygens (including phenoxy) is 1. The lowest BCUT2D eigenvalue weighted by molar-refractivity contribution is -0.115. The molecule has 1 aromatic rings. The quantitative estimate of drug-likeness (QED) is 0.665. The van der Waals surface area contributed by atoms with Crippen molar-refractivity contribution in [2.24, 2.45) is 0 Å². The molecule has 0 fully saturated rings. The highest BCUT2D eigenvalue weighted by molar-refractivity contribution is 5.92. The number of amides is 1. The molecule has 5 heteroatoms. The molecule has 20 heavy (non-hydrogen) atoms. The Balaban J connectivity index is 2.14. The Morgan fingerprint density at radius 3 is 2.85 bits per heavy atom. The molecule has 112 valence electrons. The minimum Gasteiger partial charge on any atom is -0.383 e. The van der Waals surface area contributed by atoms with Gasteiger partial charge in [-0.15, -0.1) is 0 Å². The Bertz CT molecular complexity index is 410. The number of carbonyl (C=O) groups is 1. The third-order valence-corrected chi connectivity index (χ3v) is 2.93. The van der Waals surface area contributed by atoms with E-state index in [1.54, 1.807) is 7.11 Å². The zero-order valence-electron chi connectivity index (χ0n) is 12.6. The second-order valence-corrected chi connectivity index (χ2v) is 4.89. The van der Waals surface area contributed by atoms with Crippen molar-refractivity contribution in [1.29, 1.82) is 0 Å². The number of hydrogen-bond acceptors (Lipinski definition) is 4. The summed E-state index contributed by atoms with van der Waals surface area (Å²) in [5.41, 5.74) is 1.98. The lowest BCUT2D eigenvalue weighted by Gasteiger charge is -2.16. The molecule has 0 bridgehead atoms. The molecule has 0 atom stereocenters. The SMILES string of the molecule is COCCN(C)CCNCC(=O)Nc1cccc(C)c1. The smallest absolute Gasteiger partial charge is 0.238 e. The Morgan fingerprint density at radius 1 is 1.35 bits per heavy atom. The monoisotopic (exact) mass is 279 g/mol. The maximum absolute atomic E-state index is 11.7. The molecule has 1 rings (SSSR count). The minimum absolute atomic E-state index is 0.0184. The van der Waals surface area contributed by atoms with Crippen LogP contribution < -0.4 is 10.6 Å². The zero-order valence-corrected chi connectivity index (χ0v) is 12.6. The van der Waals surface area contributed by atoms with Crippen LogP contribution in [0.3, 0.4) is 0 Å². The number of nitrogens with zero attached hydrogens (tertiary/aromatic N) is 1. The number of methoxy groups -OCH3 is 1. The number of carbonyl (C=O) groups excluding carboxylic acids is 1. The number of anilines is 1. The number of aryl methyl sites for hydroxylation is 1. The molecule has 0 aliphatic carbocycles. The van der Waals surface area contributed by atoms with E-state index in [2.05, 4.69) is 15.5 Å². The summed E-state index contributed by atoms with van der Waals surface area (Å²) in [6, 6.07) is 7.78. The van der Waals surface area contributed by atoms with Gasteiger partial charge in [-0.3, -0.25) is 4.79 Å². The van der Waals surface area contributed by atoms with Gasteiger partial charge in [-0.25, -0.2) is 0 Å².